The van der Waals surface area contributed by atoms with Crippen LogP contribution in [0.4, 0.5) is 10.1 Å². The van der Waals surface area contributed by atoms with Gasteiger partial charge >= 0.3 is 0 Å². The number of unbranched alkanes of at least 4 members (excludes halogenated alkanes) is 2. The molecule has 0 bridgehead atoms. The minimum absolute atomic E-state index is 0.173. The molecule has 1 fully saturated rings. The fraction of sp³-hybridized carbons (Fsp3) is 0.357. The molecular formula is C28H29FNO5+. The first-order chi connectivity index (χ1) is 16.8. The van der Waals surface area contributed by atoms with E-state index in [1.165, 1.54) is 12.1 Å². The van der Waals surface area contributed by atoms with Crippen molar-refractivity contribution in [3.63, 3.8) is 0 Å². The van der Waals surface area contributed by atoms with Gasteiger partial charge < -0.3 is 9.47 Å². The molecule has 35 heavy (non-hydrogen) atoms. The van der Waals surface area contributed by atoms with Gasteiger partial charge in [-0.2, -0.15) is 4.58 Å². The number of benzene rings is 2. The van der Waals surface area contributed by atoms with Crippen LogP contribution in [0.1, 0.15) is 50.2 Å². The van der Waals surface area contributed by atoms with E-state index in [1.54, 1.807) is 43.5 Å². The Morgan fingerprint density at radius 1 is 1.03 bits per heavy atom. The van der Waals surface area contributed by atoms with E-state index in [0.717, 1.165) is 36.2 Å². The zero-order valence-electron chi connectivity index (χ0n) is 20.2. The second-order valence-corrected chi connectivity index (χ2v) is 9.34. The summed E-state index contributed by atoms with van der Waals surface area (Å²) >= 11 is 0. The summed E-state index contributed by atoms with van der Waals surface area (Å²) in [5.74, 6) is -0.895. The maximum absolute atomic E-state index is 14.1. The number of nitrogens with zero attached hydrogens (tertiary/aromatic N) is 1. The Morgan fingerprint density at radius 3 is 2.40 bits per heavy atom. The summed E-state index contributed by atoms with van der Waals surface area (Å²) in [6.45, 7) is 5.39. The third-order valence-corrected chi connectivity index (χ3v) is 6.85. The third-order valence-electron chi connectivity index (χ3n) is 6.85. The molecule has 0 spiro atoms. The number of hydrogen-bond donors (Lipinski definition) is 0. The average molecular weight is 479 g/mol. The van der Waals surface area contributed by atoms with E-state index in [4.69, 9.17) is 9.47 Å². The monoisotopic (exact) mass is 478 g/mol. The molecule has 1 aliphatic carbocycles. The quantitative estimate of drug-likeness (QED) is 0.126. The summed E-state index contributed by atoms with van der Waals surface area (Å²) in [5, 5.41) is 0. The van der Waals surface area contributed by atoms with Gasteiger partial charge in [0.25, 0.3) is 6.47 Å². The topological polar surface area (TPSA) is 72.7 Å². The summed E-state index contributed by atoms with van der Waals surface area (Å²) in [6.07, 6.45) is 4.07. The lowest BCUT2D eigenvalue weighted by Gasteiger charge is -2.27. The molecule has 6 nitrogen and oxygen atoms in total. The first kappa shape index (κ1) is 24.5. The van der Waals surface area contributed by atoms with E-state index in [9.17, 15) is 18.8 Å². The van der Waals surface area contributed by atoms with E-state index >= 15 is 0 Å². The van der Waals surface area contributed by atoms with Crippen molar-refractivity contribution in [2.24, 2.45) is 0 Å². The Bertz CT molecular complexity index is 1210. The summed E-state index contributed by atoms with van der Waals surface area (Å²) in [5.41, 5.74) is 2.72. The number of Topliss-reactive ketones (excluding diaryl/α,β-unsaturated/α-hetero) is 2. The number of halogens is 1. The zero-order valence-corrected chi connectivity index (χ0v) is 20.2. The van der Waals surface area contributed by atoms with Crippen molar-refractivity contribution < 1.29 is 32.8 Å². The number of carbonyl (C=O) groups is 3. The molecule has 0 amide bonds. The van der Waals surface area contributed by atoms with Gasteiger partial charge in [0, 0.05) is 24.1 Å². The normalized spacial score (nSPS) is 18.3. The van der Waals surface area contributed by atoms with Gasteiger partial charge in [0.15, 0.2) is 17.3 Å². The Kier molecular flexibility index (Phi) is 6.96. The molecule has 4 rings (SSSR count). The molecule has 1 saturated carbocycles. The predicted octanol–water partition coefficient (Wildman–Crippen LogP) is 4.42. The second kappa shape index (κ2) is 9.94. The number of hydrogen-bond acceptors (Lipinski definition) is 5. The molecule has 2 aromatic carbocycles. The molecule has 2 aliphatic rings. The minimum atomic E-state index is -0.802. The molecule has 182 valence electrons. The molecule has 7 heteroatoms. The van der Waals surface area contributed by atoms with Gasteiger partial charge in [-0.1, -0.05) is 12.1 Å². The van der Waals surface area contributed by atoms with Crippen molar-refractivity contribution in [2.45, 2.75) is 44.4 Å². The van der Waals surface area contributed by atoms with Gasteiger partial charge in [-0.25, -0.2) is 4.39 Å². The molecule has 1 heterocycles. The van der Waals surface area contributed by atoms with Crippen molar-refractivity contribution in [1.29, 1.82) is 0 Å². The highest BCUT2D eigenvalue weighted by molar-refractivity contribution is 6.43. The van der Waals surface area contributed by atoms with Crippen molar-refractivity contribution >= 4 is 29.4 Å². The Balaban J connectivity index is 1.63. The summed E-state index contributed by atoms with van der Waals surface area (Å²) in [4.78, 5) is 36.5. The molecular weight excluding hydrogens is 449 g/mol. The van der Waals surface area contributed by atoms with Gasteiger partial charge in [-0.05, 0) is 56.5 Å². The Labute approximate surface area is 204 Å². The van der Waals surface area contributed by atoms with Crippen molar-refractivity contribution in [2.75, 3.05) is 20.3 Å². The molecule has 0 unspecified atom stereocenters. The van der Waals surface area contributed by atoms with Crippen molar-refractivity contribution in [3.8, 4) is 5.75 Å². The number of allylic oxidation sites excluding steroid dienone is 2. The van der Waals surface area contributed by atoms with Gasteiger partial charge in [-0.15, -0.1) is 0 Å². The van der Waals surface area contributed by atoms with Crippen LogP contribution in [0.3, 0.4) is 0 Å². The van der Waals surface area contributed by atoms with Crippen LogP contribution >= 0.6 is 0 Å². The Hall–Kier alpha value is -3.61. The Morgan fingerprint density at radius 2 is 1.74 bits per heavy atom. The zero-order chi connectivity index (χ0) is 25.2. The van der Waals surface area contributed by atoms with E-state index in [-0.39, 0.29) is 23.0 Å². The SMILES string of the molecule is COc1ccc(C2C(=O)C(=CC3=[N+](CCCCCOC=O)c4ccc(F)cc4C3(C)C)C2=O)cc1. The predicted molar refractivity (Wildman–Crippen MR) is 129 cm³/mol. The number of ether oxygens (including phenoxy) is 2. The van der Waals surface area contributed by atoms with E-state index in [2.05, 4.69) is 4.58 Å². The first-order valence-electron chi connectivity index (χ1n) is 11.7. The highest BCUT2D eigenvalue weighted by Crippen LogP contribution is 2.42. The maximum atomic E-state index is 14.1. The fourth-order valence-electron chi connectivity index (χ4n) is 4.88. The lowest BCUT2D eigenvalue weighted by atomic mass is 9.71. The van der Waals surface area contributed by atoms with Gasteiger partial charge in [-0.3, -0.25) is 14.4 Å². The number of carbonyl (C=O) groups excluding carboxylic acids is 3. The molecule has 0 atom stereocenters. The highest BCUT2D eigenvalue weighted by Gasteiger charge is 2.49. The standard InChI is InChI=1S/C28H29FNO5/c1-28(2)22-15-19(29)9-12-23(22)30(13-5-4-6-14-35-17-31)24(28)16-21-26(32)25(27(21)33)18-7-10-20(34-3)11-8-18/h7-12,15-17,25H,4-6,13-14H2,1-3H3/q+1. The number of methoxy groups -OCH3 is 1. The maximum Gasteiger partial charge on any atom is 0.293 e. The van der Waals surface area contributed by atoms with Crippen molar-refractivity contribution in [3.05, 3.63) is 71.1 Å². The van der Waals surface area contributed by atoms with Crippen LogP contribution in [0.2, 0.25) is 0 Å². The average Bonchev–Trinajstić information content (AvgIpc) is 3.05. The molecule has 2 aromatic rings. The summed E-state index contributed by atoms with van der Waals surface area (Å²) in [6, 6.07) is 11.6. The first-order valence-corrected chi connectivity index (χ1v) is 11.7. The third kappa shape index (κ3) is 4.55. The van der Waals surface area contributed by atoms with Crippen LogP contribution in [-0.4, -0.2) is 48.6 Å². The van der Waals surface area contributed by atoms with Crippen LogP contribution in [0.5, 0.6) is 5.75 Å². The van der Waals surface area contributed by atoms with Crippen LogP contribution < -0.4 is 4.74 Å². The van der Waals surface area contributed by atoms with E-state index in [0.29, 0.717) is 30.9 Å². The van der Waals surface area contributed by atoms with Crippen LogP contribution in [-0.2, 0) is 24.5 Å². The van der Waals surface area contributed by atoms with Crippen LogP contribution in [0, 0.1) is 5.82 Å². The number of rotatable bonds is 10. The lowest BCUT2D eigenvalue weighted by molar-refractivity contribution is -0.438. The summed E-state index contributed by atoms with van der Waals surface area (Å²) in [7, 11) is 1.56. The number of fused-ring (bicyclic) bond motifs is 1. The van der Waals surface area contributed by atoms with E-state index < -0.39 is 11.3 Å². The van der Waals surface area contributed by atoms with Gasteiger partial charge in [0.1, 0.15) is 24.0 Å². The smallest absolute Gasteiger partial charge is 0.293 e. The van der Waals surface area contributed by atoms with Gasteiger partial charge in [0.2, 0.25) is 5.69 Å². The van der Waals surface area contributed by atoms with E-state index in [1.807, 2.05) is 13.8 Å². The fourth-order valence-corrected chi connectivity index (χ4v) is 4.88. The molecule has 0 N–H and O–H groups in total. The molecule has 0 saturated heterocycles. The molecule has 0 aromatic heterocycles. The number of ketones is 2. The molecule has 1 aliphatic heterocycles. The van der Waals surface area contributed by atoms with Crippen LogP contribution in [0.15, 0.2) is 54.1 Å². The van der Waals surface area contributed by atoms with Gasteiger partial charge in [0.05, 0.1) is 24.7 Å². The minimum Gasteiger partial charge on any atom is -0.497 e. The molecule has 0 radical (unpaired) electrons. The van der Waals surface area contributed by atoms with Crippen LogP contribution in [0.25, 0.3) is 0 Å². The highest BCUT2D eigenvalue weighted by atomic mass is 19.1. The summed E-state index contributed by atoms with van der Waals surface area (Å²) < 4.78 is 26.1. The second-order valence-electron chi connectivity index (χ2n) is 9.34. The van der Waals surface area contributed by atoms with Crippen molar-refractivity contribution in [1.82, 2.24) is 0 Å². The lowest BCUT2D eigenvalue weighted by Crippen LogP contribution is -2.40. The largest absolute Gasteiger partial charge is 0.497 e.